The van der Waals surface area contributed by atoms with Crippen molar-refractivity contribution in [3.63, 3.8) is 0 Å². The number of benzene rings is 3. The number of rotatable bonds is 8. The topological polar surface area (TPSA) is 77.1 Å². The molecular weight excluding hydrogens is 408 g/mol. The standard InChI is InChI=1S/C25H24N2O5/c1-30-20-10-7-18(8-11-20)15-24(28)26-19-9-12-23-22(16-19)27(25(29)17-32-23)13-14-31-21-5-3-2-4-6-21/h2-12,16H,13-15,17H2,1H3,(H,26,28). The summed E-state index contributed by atoms with van der Waals surface area (Å²) in [5.41, 5.74) is 2.08. The van der Waals surface area contributed by atoms with Crippen LogP contribution in [-0.4, -0.2) is 38.7 Å². The highest BCUT2D eigenvalue weighted by molar-refractivity contribution is 5.99. The van der Waals surface area contributed by atoms with Crippen LogP contribution in [0.3, 0.4) is 0 Å². The zero-order valence-corrected chi connectivity index (χ0v) is 17.7. The fraction of sp³-hybridized carbons (Fsp3) is 0.200. The van der Waals surface area contributed by atoms with Crippen LogP contribution < -0.4 is 24.4 Å². The summed E-state index contributed by atoms with van der Waals surface area (Å²) in [7, 11) is 1.60. The molecule has 0 aliphatic carbocycles. The number of para-hydroxylation sites is 1. The van der Waals surface area contributed by atoms with Gasteiger partial charge in [-0.2, -0.15) is 0 Å². The van der Waals surface area contributed by atoms with Crippen LogP contribution in [-0.2, 0) is 16.0 Å². The first-order valence-electron chi connectivity index (χ1n) is 10.3. The van der Waals surface area contributed by atoms with E-state index in [2.05, 4.69) is 5.32 Å². The number of ether oxygens (including phenoxy) is 3. The van der Waals surface area contributed by atoms with E-state index < -0.39 is 0 Å². The molecule has 4 rings (SSSR count). The van der Waals surface area contributed by atoms with Gasteiger partial charge in [0.15, 0.2) is 6.61 Å². The molecule has 7 nitrogen and oxygen atoms in total. The molecule has 32 heavy (non-hydrogen) atoms. The summed E-state index contributed by atoms with van der Waals surface area (Å²) in [6.45, 7) is 0.679. The fourth-order valence-corrected chi connectivity index (χ4v) is 3.43. The van der Waals surface area contributed by atoms with Gasteiger partial charge in [0, 0.05) is 5.69 Å². The number of nitrogens with one attached hydrogen (secondary N) is 1. The molecule has 0 saturated carbocycles. The molecule has 2 amide bonds. The highest BCUT2D eigenvalue weighted by Gasteiger charge is 2.26. The lowest BCUT2D eigenvalue weighted by Crippen LogP contribution is -2.41. The molecule has 0 fully saturated rings. The first-order chi connectivity index (χ1) is 15.6. The Balaban J connectivity index is 1.41. The van der Waals surface area contributed by atoms with Gasteiger partial charge in [0.2, 0.25) is 5.91 Å². The second-order valence-electron chi connectivity index (χ2n) is 7.25. The molecular formula is C25H24N2O5. The number of hydrogen-bond acceptors (Lipinski definition) is 5. The van der Waals surface area contributed by atoms with Crippen LogP contribution >= 0.6 is 0 Å². The number of carbonyl (C=O) groups is 2. The molecule has 1 aliphatic rings. The average molecular weight is 432 g/mol. The Morgan fingerprint density at radius 3 is 2.56 bits per heavy atom. The van der Waals surface area contributed by atoms with Crippen LogP contribution in [0.4, 0.5) is 11.4 Å². The number of fused-ring (bicyclic) bond motifs is 1. The van der Waals surface area contributed by atoms with Gasteiger partial charge < -0.3 is 24.4 Å². The minimum atomic E-state index is -0.157. The Morgan fingerprint density at radius 2 is 1.81 bits per heavy atom. The molecule has 0 radical (unpaired) electrons. The summed E-state index contributed by atoms with van der Waals surface area (Å²) in [4.78, 5) is 26.6. The molecule has 1 heterocycles. The molecule has 164 valence electrons. The van der Waals surface area contributed by atoms with Crippen LogP contribution in [0.25, 0.3) is 0 Å². The predicted molar refractivity (Wildman–Crippen MR) is 122 cm³/mol. The van der Waals surface area contributed by atoms with E-state index in [1.165, 1.54) is 0 Å². The van der Waals surface area contributed by atoms with Crippen molar-refractivity contribution in [1.29, 1.82) is 0 Å². The Labute approximate surface area is 186 Å². The van der Waals surface area contributed by atoms with Gasteiger partial charge in [-0.1, -0.05) is 30.3 Å². The third-order valence-electron chi connectivity index (χ3n) is 5.04. The lowest BCUT2D eigenvalue weighted by Gasteiger charge is -2.29. The second-order valence-corrected chi connectivity index (χ2v) is 7.25. The van der Waals surface area contributed by atoms with E-state index in [1.807, 2.05) is 54.6 Å². The highest BCUT2D eigenvalue weighted by Crippen LogP contribution is 2.34. The number of nitrogens with zero attached hydrogens (tertiary/aromatic N) is 1. The first kappa shape index (κ1) is 21.2. The van der Waals surface area contributed by atoms with Gasteiger partial charge in [0.1, 0.15) is 23.9 Å². The number of amides is 2. The molecule has 1 N–H and O–H groups in total. The minimum absolute atomic E-state index is 0.0263. The molecule has 0 unspecified atom stereocenters. The molecule has 3 aromatic carbocycles. The Morgan fingerprint density at radius 1 is 1.03 bits per heavy atom. The van der Waals surface area contributed by atoms with Crippen molar-refractivity contribution in [2.75, 3.05) is 37.1 Å². The molecule has 3 aromatic rings. The summed E-state index contributed by atoms with van der Waals surface area (Å²) in [6, 6.07) is 22.1. The number of carbonyl (C=O) groups excluding carboxylic acids is 2. The van der Waals surface area contributed by atoms with Crippen LogP contribution in [0, 0.1) is 0 Å². The van der Waals surface area contributed by atoms with Gasteiger partial charge in [-0.25, -0.2) is 0 Å². The number of hydrogen-bond donors (Lipinski definition) is 1. The van der Waals surface area contributed by atoms with E-state index in [0.29, 0.717) is 30.3 Å². The highest BCUT2D eigenvalue weighted by atomic mass is 16.5. The second kappa shape index (κ2) is 9.87. The lowest BCUT2D eigenvalue weighted by atomic mass is 10.1. The number of anilines is 2. The Kier molecular flexibility index (Phi) is 6.55. The van der Waals surface area contributed by atoms with E-state index in [9.17, 15) is 9.59 Å². The van der Waals surface area contributed by atoms with Crippen molar-refractivity contribution in [3.8, 4) is 17.2 Å². The maximum absolute atomic E-state index is 12.5. The summed E-state index contributed by atoms with van der Waals surface area (Å²) >= 11 is 0. The van der Waals surface area contributed by atoms with Crippen molar-refractivity contribution in [1.82, 2.24) is 0 Å². The Bertz CT molecular complexity index is 1080. The normalized spacial score (nSPS) is 12.5. The maximum Gasteiger partial charge on any atom is 0.265 e. The third kappa shape index (κ3) is 5.18. The SMILES string of the molecule is COc1ccc(CC(=O)Nc2ccc3c(c2)N(CCOc2ccccc2)C(=O)CO3)cc1. The zero-order chi connectivity index (χ0) is 22.3. The molecule has 7 heteroatoms. The van der Waals surface area contributed by atoms with Crippen molar-refractivity contribution in [3.05, 3.63) is 78.4 Å². The summed E-state index contributed by atoms with van der Waals surface area (Å²) in [5, 5.41) is 2.89. The van der Waals surface area contributed by atoms with Crippen LogP contribution in [0.1, 0.15) is 5.56 Å². The number of methoxy groups -OCH3 is 1. The van der Waals surface area contributed by atoms with Crippen molar-refractivity contribution in [2.24, 2.45) is 0 Å². The average Bonchev–Trinajstić information content (AvgIpc) is 2.81. The van der Waals surface area contributed by atoms with Crippen LogP contribution in [0.15, 0.2) is 72.8 Å². The predicted octanol–water partition coefficient (Wildman–Crippen LogP) is 3.68. The smallest absolute Gasteiger partial charge is 0.265 e. The van der Waals surface area contributed by atoms with Crippen molar-refractivity contribution in [2.45, 2.75) is 6.42 Å². The van der Waals surface area contributed by atoms with Crippen LogP contribution in [0.2, 0.25) is 0 Å². The van der Waals surface area contributed by atoms with Crippen molar-refractivity contribution < 1.29 is 23.8 Å². The molecule has 0 atom stereocenters. The van der Waals surface area contributed by atoms with Gasteiger partial charge in [-0.3, -0.25) is 9.59 Å². The largest absolute Gasteiger partial charge is 0.497 e. The lowest BCUT2D eigenvalue weighted by molar-refractivity contribution is -0.121. The molecule has 0 aromatic heterocycles. The van der Waals surface area contributed by atoms with E-state index in [-0.39, 0.29) is 24.8 Å². The third-order valence-corrected chi connectivity index (χ3v) is 5.04. The fourth-order valence-electron chi connectivity index (χ4n) is 3.43. The van der Waals surface area contributed by atoms with Gasteiger partial charge >= 0.3 is 0 Å². The van der Waals surface area contributed by atoms with Gasteiger partial charge in [-0.15, -0.1) is 0 Å². The van der Waals surface area contributed by atoms with Crippen LogP contribution in [0.5, 0.6) is 17.2 Å². The molecule has 0 saturated heterocycles. The summed E-state index contributed by atoms with van der Waals surface area (Å²) in [5.74, 6) is 1.77. The van der Waals surface area contributed by atoms with Gasteiger partial charge in [0.25, 0.3) is 5.91 Å². The first-order valence-corrected chi connectivity index (χ1v) is 10.3. The van der Waals surface area contributed by atoms with Gasteiger partial charge in [-0.05, 0) is 48.0 Å². The van der Waals surface area contributed by atoms with E-state index >= 15 is 0 Å². The van der Waals surface area contributed by atoms with E-state index in [1.54, 1.807) is 30.2 Å². The zero-order valence-electron chi connectivity index (χ0n) is 17.7. The molecule has 0 bridgehead atoms. The quantitative estimate of drug-likeness (QED) is 0.588. The van der Waals surface area contributed by atoms with Gasteiger partial charge in [0.05, 0.1) is 25.8 Å². The molecule has 1 aliphatic heterocycles. The summed E-state index contributed by atoms with van der Waals surface area (Å²) < 4.78 is 16.4. The minimum Gasteiger partial charge on any atom is -0.497 e. The summed E-state index contributed by atoms with van der Waals surface area (Å²) in [6.07, 6.45) is 0.227. The van der Waals surface area contributed by atoms with E-state index in [4.69, 9.17) is 14.2 Å². The maximum atomic E-state index is 12.5. The monoisotopic (exact) mass is 432 g/mol. The van der Waals surface area contributed by atoms with E-state index in [0.717, 1.165) is 17.1 Å². The molecule has 0 spiro atoms. The van der Waals surface area contributed by atoms with Crippen molar-refractivity contribution >= 4 is 23.2 Å². The Hall–Kier alpha value is -4.00.